The Bertz CT molecular complexity index is 1440. The van der Waals surface area contributed by atoms with Gasteiger partial charge >= 0.3 is 5.97 Å². The number of methoxy groups -OCH3 is 3. The Labute approximate surface area is 332 Å². The number of hydrogen-bond acceptors (Lipinski definition) is 11. The van der Waals surface area contributed by atoms with Crippen LogP contribution in [0.5, 0.6) is 0 Å². The highest BCUT2D eigenvalue weighted by molar-refractivity contribution is 6.39. The van der Waals surface area contributed by atoms with Crippen molar-refractivity contribution < 1.29 is 57.5 Å². The Balaban J connectivity index is 1.76. The van der Waals surface area contributed by atoms with E-state index in [9.17, 15) is 33.8 Å². The van der Waals surface area contributed by atoms with Crippen molar-refractivity contribution in [2.45, 2.75) is 167 Å². The van der Waals surface area contributed by atoms with Gasteiger partial charge in [0.15, 0.2) is 0 Å². The van der Waals surface area contributed by atoms with Crippen LogP contribution in [0, 0.1) is 29.6 Å². The molecule has 3 aliphatic heterocycles. The molecule has 0 aromatic heterocycles. The fourth-order valence-corrected chi connectivity index (χ4v) is 9.36. The smallest absolute Gasteiger partial charge is 0.329 e. The molecule has 2 N–H and O–H groups in total. The van der Waals surface area contributed by atoms with Gasteiger partial charge in [-0.3, -0.25) is 14.4 Å². The molecule has 0 aromatic carbocycles. The quantitative estimate of drug-likeness (QED) is 0.200. The molecule has 14 unspecified atom stereocenters. The van der Waals surface area contributed by atoms with E-state index >= 15 is 0 Å². The number of allylic oxidation sites excluding steroid dienone is 3. The molecule has 12 nitrogen and oxygen atoms in total. The van der Waals surface area contributed by atoms with Crippen molar-refractivity contribution >= 4 is 23.4 Å². The second-order valence-corrected chi connectivity index (χ2v) is 17.1. The summed E-state index contributed by atoms with van der Waals surface area (Å²) >= 11 is 0. The van der Waals surface area contributed by atoms with Crippen molar-refractivity contribution in [3.8, 4) is 0 Å². The number of ketones is 2. The zero-order valence-electron chi connectivity index (χ0n) is 35.0. The molecule has 0 aromatic rings. The van der Waals surface area contributed by atoms with E-state index in [1.165, 1.54) is 26.2 Å². The minimum Gasteiger partial charge on any atom is -0.456 e. The molecule has 1 aliphatic carbocycles. The van der Waals surface area contributed by atoms with Gasteiger partial charge in [-0.25, -0.2) is 9.18 Å². The fraction of sp³-hybridized carbons (Fsp3) is 0.814. The lowest BCUT2D eigenvalue weighted by Gasteiger charge is -2.47. The number of piperidine rings is 1. The van der Waals surface area contributed by atoms with E-state index in [1.54, 1.807) is 20.8 Å². The second kappa shape index (κ2) is 20.4. The number of fused-ring (bicyclic) bond motifs is 3. The van der Waals surface area contributed by atoms with Gasteiger partial charge in [0.25, 0.3) is 11.7 Å². The summed E-state index contributed by atoms with van der Waals surface area (Å²) in [6.45, 7) is 11.2. The Morgan fingerprint density at radius 3 is 2.27 bits per heavy atom. The fourth-order valence-electron chi connectivity index (χ4n) is 9.36. The average Bonchev–Trinajstić information content (AvgIpc) is 3.18. The molecule has 2 bridgehead atoms. The summed E-state index contributed by atoms with van der Waals surface area (Å²) < 4.78 is 44.1. The second-order valence-electron chi connectivity index (χ2n) is 17.1. The topological polar surface area (TPSA) is 158 Å². The maximum Gasteiger partial charge on any atom is 0.329 e. The number of nitrogens with zero attached hydrogens (tertiary/aromatic N) is 1. The molecular formula is C43H68FNO11. The van der Waals surface area contributed by atoms with Crippen molar-refractivity contribution in [1.29, 1.82) is 0 Å². The van der Waals surface area contributed by atoms with Gasteiger partial charge in [-0.1, -0.05) is 45.4 Å². The molecular weight excluding hydrogens is 725 g/mol. The van der Waals surface area contributed by atoms with Crippen LogP contribution in [0.3, 0.4) is 0 Å². The summed E-state index contributed by atoms with van der Waals surface area (Å²) in [5.74, 6) is -7.69. The van der Waals surface area contributed by atoms with Crippen molar-refractivity contribution in [3.63, 3.8) is 0 Å². The predicted octanol–water partition coefficient (Wildman–Crippen LogP) is 5.45. The van der Waals surface area contributed by atoms with Crippen molar-refractivity contribution in [3.05, 3.63) is 23.3 Å². The highest BCUT2D eigenvalue weighted by Crippen LogP contribution is 2.39. The number of alkyl halides is 1. The Morgan fingerprint density at radius 2 is 1.62 bits per heavy atom. The van der Waals surface area contributed by atoms with E-state index in [2.05, 4.69) is 0 Å². The first kappa shape index (κ1) is 46.1. The standard InChI is InChI=1S/C43H68FNO11/c1-10-30-18-24(2)17-25(3)19-36(53-8)39-37(54-9)21-27(5)43(51,56-39)40(48)41(49)45-16-12-11-13-32(45)42(50)55-38(28(6)33(46)23-34(30)47)26(4)20-29-14-15-31(44)35(22-29)52-7/h18,20,25,27-33,35-39,46,51H,10-17,19,21-23H2,1-9H3/b24-18+,26-20?. The maximum atomic E-state index is 14.5. The van der Waals surface area contributed by atoms with Crippen LogP contribution in [0.25, 0.3) is 0 Å². The summed E-state index contributed by atoms with van der Waals surface area (Å²) in [7, 11) is 4.54. The molecule has 4 aliphatic rings. The lowest BCUT2D eigenvalue weighted by Crippen LogP contribution is -2.64. The first-order valence-electron chi connectivity index (χ1n) is 20.7. The summed E-state index contributed by atoms with van der Waals surface area (Å²) in [6.07, 6.45) is 2.31. The molecule has 0 spiro atoms. The van der Waals surface area contributed by atoms with Gasteiger partial charge < -0.3 is 38.8 Å². The number of ether oxygens (including phenoxy) is 5. The molecule has 3 heterocycles. The zero-order valence-corrected chi connectivity index (χ0v) is 35.0. The summed E-state index contributed by atoms with van der Waals surface area (Å²) in [5.41, 5.74) is 1.61. The Hall–Kier alpha value is -2.55. The molecule has 13 heteroatoms. The van der Waals surface area contributed by atoms with Gasteiger partial charge in [0.2, 0.25) is 5.79 Å². The lowest BCUT2D eigenvalue weighted by atomic mass is 9.82. The minimum absolute atomic E-state index is 0.0290. The van der Waals surface area contributed by atoms with Crippen LogP contribution >= 0.6 is 0 Å². The monoisotopic (exact) mass is 793 g/mol. The molecule has 3 fully saturated rings. The van der Waals surface area contributed by atoms with E-state index in [0.717, 1.165) is 5.57 Å². The highest BCUT2D eigenvalue weighted by atomic mass is 19.1. The van der Waals surface area contributed by atoms with Gasteiger partial charge in [0, 0.05) is 52.0 Å². The number of rotatable bonds is 6. The number of hydrogen-bond donors (Lipinski definition) is 2. The number of Topliss-reactive ketones (excluding diaryl/α,β-unsaturated/α-hetero) is 2. The molecule has 1 saturated carbocycles. The maximum absolute atomic E-state index is 14.5. The van der Waals surface area contributed by atoms with Crippen LogP contribution in [0.4, 0.5) is 4.39 Å². The highest BCUT2D eigenvalue weighted by Gasteiger charge is 2.56. The van der Waals surface area contributed by atoms with Crippen LogP contribution in [-0.2, 0) is 42.9 Å². The predicted molar refractivity (Wildman–Crippen MR) is 207 cm³/mol. The van der Waals surface area contributed by atoms with E-state index in [1.807, 2.05) is 32.9 Å². The third kappa shape index (κ3) is 10.7. The van der Waals surface area contributed by atoms with E-state index in [-0.39, 0.29) is 43.4 Å². The third-order valence-electron chi connectivity index (χ3n) is 12.8. The summed E-state index contributed by atoms with van der Waals surface area (Å²) in [4.78, 5) is 57.6. The number of halogens is 1. The number of aliphatic hydroxyl groups is 2. The van der Waals surface area contributed by atoms with E-state index < -0.39 is 90.0 Å². The van der Waals surface area contributed by atoms with Crippen LogP contribution in [0.1, 0.15) is 112 Å². The third-order valence-corrected chi connectivity index (χ3v) is 12.8. The molecule has 0 radical (unpaired) electrons. The Kier molecular flexibility index (Phi) is 16.8. The molecule has 318 valence electrons. The number of amides is 1. The molecule has 2 saturated heterocycles. The van der Waals surface area contributed by atoms with Gasteiger partial charge in [0.05, 0.1) is 24.4 Å². The Morgan fingerprint density at radius 1 is 0.964 bits per heavy atom. The van der Waals surface area contributed by atoms with Gasteiger partial charge in [-0.05, 0) is 95.5 Å². The average molecular weight is 794 g/mol. The van der Waals surface area contributed by atoms with Crippen LogP contribution < -0.4 is 0 Å². The SMILES string of the molecule is CCC1/C=C(\C)CC(C)CC(OC)C2OC(O)(C(=O)C(=O)N3CCCCC3C(=O)OC(C(C)=CC3CCC(F)C(OC)C3)C(C)C(O)CC1=O)C(C)CC2OC. The van der Waals surface area contributed by atoms with Crippen LogP contribution in [-0.4, -0.2) is 121 Å². The van der Waals surface area contributed by atoms with E-state index in [0.29, 0.717) is 56.9 Å². The number of carbonyl (C=O) groups excluding carboxylic acids is 4. The largest absolute Gasteiger partial charge is 0.456 e. The first-order chi connectivity index (χ1) is 26.5. The lowest BCUT2D eigenvalue weighted by molar-refractivity contribution is -0.302. The van der Waals surface area contributed by atoms with Crippen LogP contribution in [0.15, 0.2) is 23.3 Å². The molecule has 1 amide bonds. The van der Waals surface area contributed by atoms with Gasteiger partial charge in [-0.15, -0.1) is 0 Å². The van der Waals surface area contributed by atoms with Crippen LogP contribution in [0.2, 0.25) is 0 Å². The molecule has 14 atom stereocenters. The van der Waals surface area contributed by atoms with Crippen molar-refractivity contribution in [2.75, 3.05) is 27.9 Å². The summed E-state index contributed by atoms with van der Waals surface area (Å²) in [6, 6.07) is -1.15. The minimum atomic E-state index is -2.51. The molecule has 4 rings (SSSR count). The number of cyclic esters (lactones) is 1. The van der Waals surface area contributed by atoms with Crippen molar-refractivity contribution in [2.24, 2.45) is 29.6 Å². The first-order valence-corrected chi connectivity index (χ1v) is 20.7. The normalized spacial score (nSPS) is 41.6. The number of carbonyl (C=O) groups is 4. The van der Waals surface area contributed by atoms with Gasteiger partial charge in [-0.2, -0.15) is 0 Å². The van der Waals surface area contributed by atoms with Gasteiger partial charge in [0.1, 0.15) is 30.2 Å². The number of aliphatic hydroxyl groups excluding tert-OH is 1. The molecule has 56 heavy (non-hydrogen) atoms. The number of esters is 1. The zero-order chi connectivity index (χ0) is 41.5. The van der Waals surface area contributed by atoms with Crippen molar-refractivity contribution in [1.82, 2.24) is 4.90 Å². The summed E-state index contributed by atoms with van der Waals surface area (Å²) in [5, 5.41) is 23.6. The van der Waals surface area contributed by atoms with E-state index in [4.69, 9.17) is 23.7 Å².